The minimum Gasteiger partial charge on any atom is -0.384 e. The quantitative estimate of drug-likeness (QED) is 0.301. The molecule has 0 aliphatic carbocycles. The number of aliphatic hydroxyl groups excluding tert-OH is 1. The van der Waals surface area contributed by atoms with E-state index in [1.54, 1.807) is 31.5 Å². The molecule has 3 heterocycles. The standard InChI is InChI=1S/C27H31FN8O4/c1-17(37)26(38)36-9-7-23(22(28)14-36)40-15-19-4-3-18(11-20(19)12-29)25-32-16-33-27(35-25)34-21-5-6-24(31-13-21)30-8-10-39-2/h3-6,11,13,16-17,22-23,37H,7-10,14-15H2,1-2H3,(H,30,31)(H,32,33,34,35)/t17-,22+,23-/m0/s1. The number of nitriles is 1. The lowest BCUT2D eigenvalue weighted by Crippen LogP contribution is -2.50. The summed E-state index contributed by atoms with van der Waals surface area (Å²) in [4.78, 5) is 30.4. The van der Waals surface area contributed by atoms with Crippen LogP contribution in [0.4, 0.5) is 21.8 Å². The summed E-state index contributed by atoms with van der Waals surface area (Å²) in [5, 5.41) is 25.4. The number of aromatic nitrogens is 4. The van der Waals surface area contributed by atoms with Crippen LogP contribution in [0.15, 0.2) is 42.9 Å². The number of likely N-dealkylation sites (tertiary alicyclic amines) is 1. The molecule has 1 aliphatic rings. The third kappa shape index (κ3) is 7.44. The van der Waals surface area contributed by atoms with E-state index in [0.29, 0.717) is 66.1 Å². The fourth-order valence-corrected chi connectivity index (χ4v) is 4.16. The van der Waals surface area contributed by atoms with Crippen LogP contribution in [-0.4, -0.2) is 87.6 Å². The number of piperidine rings is 1. The van der Waals surface area contributed by atoms with Gasteiger partial charge in [0.2, 0.25) is 5.95 Å². The van der Waals surface area contributed by atoms with Gasteiger partial charge in [0.1, 0.15) is 24.4 Å². The Hall–Kier alpha value is -4.25. The predicted octanol–water partition coefficient (Wildman–Crippen LogP) is 2.44. The molecular weight excluding hydrogens is 519 g/mol. The maximum absolute atomic E-state index is 14.7. The maximum Gasteiger partial charge on any atom is 0.251 e. The van der Waals surface area contributed by atoms with Crippen LogP contribution in [0.25, 0.3) is 11.4 Å². The van der Waals surface area contributed by atoms with E-state index in [-0.39, 0.29) is 13.2 Å². The Kier molecular flexibility index (Phi) is 9.85. The fraction of sp³-hybridized carbons (Fsp3) is 0.407. The Morgan fingerprint density at radius 2 is 2.15 bits per heavy atom. The summed E-state index contributed by atoms with van der Waals surface area (Å²) in [6.07, 6.45) is 0.0375. The van der Waals surface area contributed by atoms with Gasteiger partial charge in [-0.3, -0.25) is 4.79 Å². The second-order valence-electron chi connectivity index (χ2n) is 9.21. The second-order valence-corrected chi connectivity index (χ2v) is 9.21. The Bertz CT molecular complexity index is 1330. The van der Waals surface area contributed by atoms with Crippen molar-refractivity contribution in [2.45, 2.75) is 38.3 Å². The van der Waals surface area contributed by atoms with E-state index >= 15 is 0 Å². The largest absolute Gasteiger partial charge is 0.384 e. The monoisotopic (exact) mass is 550 g/mol. The number of aliphatic hydroxyl groups is 1. The lowest BCUT2D eigenvalue weighted by Gasteiger charge is -2.35. The molecule has 1 fully saturated rings. The van der Waals surface area contributed by atoms with Gasteiger partial charge in [0.25, 0.3) is 5.91 Å². The summed E-state index contributed by atoms with van der Waals surface area (Å²) in [6.45, 7) is 2.76. The summed E-state index contributed by atoms with van der Waals surface area (Å²) in [7, 11) is 1.63. The number of carbonyl (C=O) groups excluding carboxylic acids is 1. The van der Waals surface area contributed by atoms with Gasteiger partial charge in [-0.05, 0) is 37.1 Å². The number of alkyl halides is 1. The highest BCUT2D eigenvalue weighted by atomic mass is 19.1. The third-order valence-corrected chi connectivity index (χ3v) is 6.30. The predicted molar refractivity (Wildman–Crippen MR) is 144 cm³/mol. The number of anilines is 3. The number of benzene rings is 1. The molecule has 12 nitrogen and oxygen atoms in total. The summed E-state index contributed by atoms with van der Waals surface area (Å²) in [5.74, 6) is 0.894. The summed E-state index contributed by atoms with van der Waals surface area (Å²) >= 11 is 0. The van der Waals surface area contributed by atoms with Gasteiger partial charge in [0, 0.05) is 25.8 Å². The number of amides is 1. The van der Waals surface area contributed by atoms with Gasteiger partial charge in [-0.25, -0.2) is 19.3 Å². The Morgan fingerprint density at radius 1 is 1.30 bits per heavy atom. The molecule has 1 aliphatic heterocycles. The van der Waals surface area contributed by atoms with E-state index in [0.717, 1.165) is 0 Å². The van der Waals surface area contributed by atoms with Crippen molar-refractivity contribution in [1.82, 2.24) is 24.8 Å². The molecule has 0 spiro atoms. The van der Waals surface area contributed by atoms with Crippen molar-refractivity contribution in [2.75, 3.05) is 44.0 Å². The highest BCUT2D eigenvalue weighted by molar-refractivity contribution is 5.80. The Balaban J connectivity index is 1.38. The van der Waals surface area contributed by atoms with Gasteiger partial charge in [-0.15, -0.1) is 0 Å². The molecule has 4 rings (SSSR count). The number of carbonyl (C=O) groups is 1. The Labute approximate surface area is 231 Å². The number of rotatable bonds is 11. The smallest absolute Gasteiger partial charge is 0.251 e. The molecule has 1 aromatic carbocycles. The van der Waals surface area contributed by atoms with Crippen molar-refractivity contribution in [3.63, 3.8) is 0 Å². The molecule has 0 radical (unpaired) electrons. The summed E-state index contributed by atoms with van der Waals surface area (Å²) < 4.78 is 25.5. The normalized spacial score (nSPS) is 17.6. The van der Waals surface area contributed by atoms with Crippen molar-refractivity contribution in [2.24, 2.45) is 0 Å². The first kappa shape index (κ1) is 28.8. The van der Waals surface area contributed by atoms with Crippen molar-refractivity contribution in [3.8, 4) is 17.5 Å². The van der Waals surface area contributed by atoms with Crippen LogP contribution >= 0.6 is 0 Å². The van der Waals surface area contributed by atoms with E-state index in [1.807, 2.05) is 12.1 Å². The van der Waals surface area contributed by atoms with Crippen LogP contribution in [0.3, 0.4) is 0 Å². The molecule has 2 aromatic heterocycles. The molecular formula is C27H31FN8O4. The lowest BCUT2D eigenvalue weighted by molar-refractivity contribution is -0.145. The van der Waals surface area contributed by atoms with Gasteiger partial charge in [-0.2, -0.15) is 10.2 Å². The molecule has 1 amide bonds. The zero-order valence-corrected chi connectivity index (χ0v) is 22.2. The van der Waals surface area contributed by atoms with Crippen molar-refractivity contribution >= 4 is 23.4 Å². The van der Waals surface area contributed by atoms with E-state index in [2.05, 4.69) is 36.6 Å². The number of hydrogen-bond donors (Lipinski definition) is 3. The highest BCUT2D eigenvalue weighted by Crippen LogP contribution is 2.24. The average molecular weight is 551 g/mol. The van der Waals surface area contributed by atoms with E-state index < -0.39 is 24.3 Å². The van der Waals surface area contributed by atoms with Crippen LogP contribution in [-0.2, 0) is 20.9 Å². The number of nitrogens with one attached hydrogen (secondary N) is 2. The van der Waals surface area contributed by atoms with Crippen LogP contribution in [0, 0.1) is 11.3 Å². The first-order valence-electron chi connectivity index (χ1n) is 12.8. The topological polar surface area (TPSA) is 158 Å². The van der Waals surface area contributed by atoms with E-state index in [1.165, 1.54) is 18.2 Å². The van der Waals surface area contributed by atoms with Gasteiger partial charge in [0.05, 0.1) is 49.4 Å². The summed E-state index contributed by atoms with van der Waals surface area (Å²) in [5.41, 5.74) is 2.24. The first-order valence-corrected chi connectivity index (χ1v) is 12.8. The number of nitrogens with zero attached hydrogens (tertiary/aromatic N) is 6. The number of ether oxygens (including phenoxy) is 2. The Morgan fingerprint density at radius 3 is 2.85 bits per heavy atom. The maximum atomic E-state index is 14.7. The van der Waals surface area contributed by atoms with Crippen LogP contribution in [0.1, 0.15) is 24.5 Å². The molecule has 0 saturated carbocycles. The van der Waals surface area contributed by atoms with Gasteiger partial charge >= 0.3 is 0 Å². The molecule has 13 heteroatoms. The second kappa shape index (κ2) is 13.7. The third-order valence-electron chi connectivity index (χ3n) is 6.30. The van der Waals surface area contributed by atoms with Crippen LogP contribution < -0.4 is 10.6 Å². The van der Waals surface area contributed by atoms with Gasteiger partial charge < -0.3 is 30.1 Å². The minimum atomic E-state index is -1.39. The summed E-state index contributed by atoms with van der Waals surface area (Å²) in [6, 6.07) is 11.0. The first-order chi connectivity index (χ1) is 19.4. The van der Waals surface area contributed by atoms with Crippen molar-refractivity contribution in [3.05, 3.63) is 54.0 Å². The fourth-order valence-electron chi connectivity index (χ4n) is 4.16. The average Bonchev–Trinajstić information content (AvgIpc) is 2.97. The number of hydrogen-bond acceptors (Lipinski definition) is 11. The van der Waals surface area contributed by atoms with Gasteiger partial charge in [0.15, 0.2) is 5.82 Å². The zero-order valence-electron chi connectivity index (χ0n) is 22.2. The minimum absolute atomic E-state index is 0.0337. The number of halogens is 1. The van der Waals surface area contributed by atoms with Crippen molar-refractivity contribution in [1.29, 1.82) is 5.26 Å². The van der Waals surface area contributed by atoms with Crippen LogP contribution in [0.2, 0.25) is 0 Å². The highest BCUT2D eigenvalue weighted by Gasteiger charge is 2.33. The van der Waals surface area contributed by atoms with E-state index in [4.69, 9.17) is 9.47 Å². The lowest BCUT2D eigenvalue weighted by atomic mass is 10.0. The zero-order chi connectivity index (χ0) is 28.5. The van der Waals surface area contributed by atoms with E-state index in [9.17, 15) is 19.6 Å². The van der Waals surface area contributed by atoms with Crippen LogP contribution in [0.5, 0.6) is 0 Å². The SMILES string of the molecule is COCCNc1ccc(Nc2ncnc(-c3ccc(CO[C@H]4CCN(C(=O)[C@H](C)O)C[C@H]4F)c(C#N)c3)n2)cn1. The molecule has 0 unspecified atom stereocenters. The van der Waals surface area contributed by atoms with Gasteiger partial charge in [-0.1, -0.05) is 12.1 Å². The molecule has 3 atom stereocenters. The molecule has 40 heavy (non-hydrogen) atoms. The number of pyridine rings is 1. The van der Waals surface area contributed by atoms with Crippen molar-refractivity contribution < 1.29 is 23.8 Å². The molecule has 3 aromatic rings. The molecule has 210 valence electrons. The molecule has 1 saturated heterocycles. The molecule has 0 bridgehead atoms. The number of methoxy groups -OCH3 is 1. The molecule has 3 N–H and O–H groups in total.